The second kappa shape index (κ2) is 8.14. The van der Waals surface area contributed by atoms with Crippen molar-refractivity contribution >= 4 is 67.9 Å². The average molecular weight is 439 g/mol. The number of non-ortho nitro benzene ring substituents is 1. The zero-order valence-electron chi connectivity index (χ0n) is 14.3. The van der Waals surface area contributed by atoms with E-state index in [0.717, 1.165) is 16.0 Å². The van der Waals surface area contributed by atoms with Gasteiger partial charge in [-0.05, 0) is 30.7 Å². The van der Waals surface area contributed by atoms with Gasteiger partial charge in [0.25, 0.3) is 11.6 Å². The van der Waals surface area contributed by atoms with Crippen LogP contribution in [0.5, 0.6) is 0 Å². The molecule has 0 unspecified atom stereocenters. The molecule has 144 valence electrons. The van der Waals surface area contributed by atoms with Gasteiger partial charge in [-0.3, -0.25) is 14.9 Å². The number of ether oxygens (including phenoxy) is 1. The Balaban J connectivity index is 1.65. The molecule has 0 aliphatic carbocycles. The molecular formula is C18H12Cl2N2O5S. The van der Waals surface area contributed by atoms with Gasteiger partial charge in [-0.15, -0.1) is 11.3 Å². The lowest BCUT2D eigenvalue weighted by atomic mass is 10.2. The van der Waals surface area contributed by atoms with Crippen LogP contribution in [0.25, 0.3) is 10.1 Å². The highest BCUT2D eigenvalue weighted by Crippen LogP contribution is 2.37. The van der Waals surface area contributed by atoms with Gasteiger partial charge in [-0.25, -0.2) is 4.79 Å². The van der Waals surface area contributed by atoms with E-state index in [2.05, 4.69) is 5.32 Å². The predicted octanol–water partition coefficient (Wildman–Crippen LogP) is 5.22. The largest absolute Gasteiger partial charge is 0.451 e. The highest BCUT2D eigenvalue weighted by Gasteiger charge is 2.20. The summed E-state index contributed by atoms with van der Waals surface area (Å²) in [4.78, 5) is 34.7. The van der Waals surface area contributed by atoms with Gasteiger partial charge in [0, 0.05) is 32.9 Å². The molecule has 1 heterocycles. The van der Waals surface area contributed by atoms with Crippen LogP contribution in [0.2, 0.25) is 10.0 Å². The van der Waals surface area contributed by atoms with Gasteiger partial charge in [0.2, 0.25) is 0 Å². The van der Waals surface area contributed by atoms with E-state index in [1.165, 1.54) is 18.2 Å². The molecule has 0 saturated heterocycles. The molecule has 3 rings (SSSR count). The van der Waals surface area contributed by atoms with Crippen molar-refractivity contribution in [3.8, 4) is 0 Å². The molecule has 10 heteroatoms. The van der Waals surface area contributed by atoms with Crippen LogP contribution in [0.1, 0.15) is 15.2 Å². The first kappa shape index (κ1) is 20.1. The number of nitrogens with one attached hydrogen (secondary N) is 1. The number of nitro benzene ring substituents is 1. The van der Waals surface area contributed by atoms with Crippen molar-refractivity contribution in [1.29, 1.82) is 0 Å². The summed E-state index contributed by atoms with van der Waals surface area (Å²) in [5.41, 5.74) is 0.820. The van der Waals surface area contributed by atoms with Crippen LogP contribution in [-0.4, -0.2) is 23.4 Å². The number of hydrogen-bond donors (Lipinski definition) is 1. The van der Waals surface area contributed by atoms with Crippen molar-refractivity contribution in [2.75, 3.05) is 11.9 Å². The van der Waals surface area contributed by atoms with Crippen LogP contribution < -0.4 is 5.32 Å². The smallest absolute Gasteiger partial charge is 0.350 e. The van der Waals surface area contributed by atoms with E-state index in [0.29, 0.717) is 21.7 Å². The van der Waals surface area contributed by atoms with Crippen LogP contribution in [0.4, 0.5) is 11.4 Å². The van der Waals surface area contributed by atoms with Crippen molar-refractivity contribution in [3.05, 3.63) is 67.0 Å². The minimum Gasteiger partial charge on any atom is -0.451 e. The van der Waals surface area contributed by atoms with Crippen LogP contribution in [0.15, 0.2) is 36.4 Å². The summed E-state index contributed by atoms with van der Waals surface area (Å²) in [7, 11) is 0. The summed E-state index contributed by atoms with van der Waals surface area (Å²) >= 11 is 13.3. The molecule has 0 aliphatic heterocycles. The monoisotopic (exact) mass is 438 g/mol. The topological polar surface area (TPSA) is 98.5 Å². The van der Waals surface area contributed by atoms with Crippen molar-refractivity contribution < 1.29 is 19.2 Å². The molecule has 0 aliphatic rings. The summed E-state index contributed by atoms with van der Waals surface area (Å²) in [5.74, 6) is -1.30. The first-order chi connectivity index (χ1) is 13.3. The van der Waals surface area contributed by atoms with Crippen LogP contribution in [-0.2, 0) is 9.53 Å². The summed E-state index contributed by atoms with van der Waals surface area (Å²) in [6.45, 7) is 1.09. The van der Waals surface area contributed by atoms with E-state index >= 15 is 0 Å². The zero-order chi connectivity index (χ0) is 20.4. The maximum absolute atomic E-state index is 12.3. The second-order valence-electron chi connectivity index (χ2n) is 5.77. The predicted molar refractivity (Wildman–Crippen MR) is 109 cm³/mol. The summed E-state index contributed by atoms with van der Waals surface area (Å²) < 4.78 is 5.77. The highest BCUT2D eigenvalue weighted by atomic mass is 35.5. The SMILES string of the molecule is Cc1cc([N+](=O)[O-])ccc1NC(=O)COC(=O)c1sc2cc(Cl)ccc2c1Cl. The summed E-state index contributed by atoms with van der Waals surface area (Å²) in [6, 6.07) is 9.09. The molecule has 0 spiro atoms. The molecular weight excluding hydrogens is 427 g/mol. The summed E-state index contributed by atoms with van der Waals surface area (Å²) in [5, 5.41) is 14.7. The number of anilines is 1. The maximum atomic E-state index is 12.3. The molecule has 0 atom stereocenters. The minimum atomic E-state index is -0.724. The molecule has 0 fully saturated rings. The molecule has 1 N–H and O–H groups in total. The number of rotatable bonds is 5. The van der Waals surface area contributed by atoms with E-state index in [4.69, 9.17) is 27.9 Å². The Morgan fingerprint density at radius 2 is 1.96 bits per heavy atom. The Morgan fingerprint density at radius 1 is 1.21 bits per heavy atom. The second-order valence-corrected chi connectivity index (χ2v) is 7.63. The Kier molecular flexibility index (Phi) is 5.83. The van der Waals surface area contributed by atoms with Crippen molar-refractivity contribution in [2.24, 2.45) is 0 Å². The standard InChI is InChI=1S/C18H12Cl2N2O5S/c1-9-6-11(22(25)26)3-5-13(9)21-15(23)8-27-18(24)17-16(20)12-4-2-10(19)7-14(12)28-17/h2-7H,8H2,1H3,(H,21,23). The van der Waals surface area contributed by atoms with Gasteiger partial charge in [0.15, 0.2) is 6.61 Å². The van der Waals surface area contributed by atoms with Crippen LogP contribution >= 0.6 is 34.5 Å². The number of halogens is 2. The minimum absolute atomic E-state index is 0.0820. The Labute approximate surface area is 173 Å². The fraction of sp³-hybridized carbons (Fsp3) is 0.111. The third kappa shape index (κ3) is 4.24. The molecule has 0 saturated carbocycles. The van der Waals surface area contributed by atoms with Crippen LogP contribution in [0, 0.1) is 17.0 Å². The number of hydrogen-bond acceptors (Lipinski definition) is 6. The Morgan fingerprint density at radius 3 is 2.64 bits per heavy atom. The number of nitrogens with zero attached hydrogens (tertiary/aromatic N) is 1. The number of benzene rings is 2. The molecule has 1 aromatic heterocycles. The van der Waals surface area contributed by atoms with Crippen molar-refractivity contribution in [3.63, 3.8) is 0 Å². The first-order valence-corrected chi connectivity index (χ1v) is 9.43. The quantitative estimate of drug-likeness (QED) is 0.334. The molecule has 1 amide bonds. The number of esters is 1. The fourth-order valence-electron chi connectivity index (χ4n) is 2.45. The van der Waals surface area contributed by atoms with E-state index in [9.17, 15) is 19.7 Å². The number of amides is 1. The lowest BCUT2D eigenvalue weighted by Gasteiger charge is -2.08. The van der Waals surface area contributed by atoms with Crippen molar-refractivity contribution in [1.82, 2.24) is 0 Å². The van der Waals surface area contributed by atoms with Gasteiger partial charge >= 0.3 is 5.97 Å². The zero-order valence-corrected chi connectivity index (χ0v) is 16.7. The number of aryl methyl sites for hydroxylation is 1. The lowest BCUT2D eigenvalue weighted by molar-refractivity contribution is -0.384. The Hall–Kier alpha value is -2.68. The van der Waals surface area contributed by atoms with E-state index in [1.807, 2.05) is 0 Å². The van der Waals surface area contributed by atoms with E-state index in [1.54, 1.807) is 25.1 Å². The third-order valence-corrected chi connectivity index (χ3v) is 5.68. The van der Waals surface area contributed by atoms with Gasteiger partial charge in [0.1, 0.15) is 4.88 Å². The van der Waals surface area contributed by atoms with E-state index < -0.39 is 23.4 Å². The maximum Gasteiger partial charge on any atom is 0.350 e. The molecule has 3 aromatic rings. The van der Waals surface area contributed by atoms with Gasteiger partial charge < -0.3 is 10.1 Å². The highest BCUT2D eigenvalue weighted by molar-refractivity contribution is 7.21. The molecule has 2 aromatic carbocycles. The average Bonchev–Trinajstić information content (AvgIpc) is 2.97. The normalized spacial score (nSPS) is 10.7. The number of carbonyl (C=O) groups excluding carboxylic acids is 2. The van der Waals surface area contributed by atoms with Gasteiger partial charge in [0.05, 0.1) is 9.95 Å². The fourth-order valence-corrected chi connectivity index (χ4v) is 4.13. The van der Waals surface area contributed by atoms with Gasteiger partial charge in [-0.2, -0.15) is 0 Å². The van der Waals surface area contributed by atoms with Crippen molar-refractivity contribution in [2.45, 2.75) is 6.92 Å². The molecule has 0 bridgehead atoms. The number of fused-ring (bicyclic) bond motifs is 1. The Bertz CT molecular complexity index is 1110. The van der Waals surface area contributed by atoms with E-state index in [-0.39, 0.29) is 15.6 Å². The number of carbonyl (C=O) groups is 2. The van der Waals surface area contributed by atoms with Gasteiger partial charge in [-0.1, -0.05) is 29.3 Å². The lowest BCUT2D eigenvalue weighted by Crippen LogP contribution is -2.21. The number of nitro groups is 1. The van der Waals surface area contributed by atoms with Crippen LogP contribution in [0.3, 0.4) is 0 Å². The molecule has 7 nitrogen and oxygen atoms in total. The first-order valence-electron chi connectivity index (χ1n) is 7.86. The molecule has 28 heavy (non-hydrogen) atoms. The summed E-state index contributed by atoms with van der Waals surface area (Å²) in [6.07, 6.45) is 0. The third-order valence-electron chi connectivity index (χ3n) is 3.81. The molecule has 0 radical (unpaired) electrons. The number of thiophene rings is 1.